The van der Waals surface area contributed by atoms with Crippen LogP contribution in [0.2, 0.25) is 5.02 Å². The van der Waals surface area contributed by atoms with Gasteiger partial charge in [0.05, 0.1) is 12.1 Å². The molecule has 0 amide bonds. The van der Waals surface area contributed by atoms with E-state index in [9.17, 15) is 5.11 Å². The van der Waals surface area contributed by atoms with E-state index in [1.54, 1.807) is 12.1 Å². The lowest BCUT2D eigenvalue weighted by atomic mass is 10.2. The Hall–Kier alpha value is -0.930. The van der Waals surface area contributed by atoms with Gasteiger partial charge in [0.15, 0.2) is 11.5 Å². The Kier molecular flexibility index (Phi) is 2.06. The molecule has 1 N–H and O–H groups in total. The molecule has 2 rings (SSSR count). The summed E-state index contributed by atoms with van der Waals surface area (Å²) in [4.78, 5) is 0. The lowest BCUT2D eigenvalue weighted by Crippen LogP contribution is -1.82. The van der Waals surface area contributed by atoms with Crippen LogP contribution < -0.4 is 4.74 Å². The second-order valence-electron chi connectivity index (χ2n) is 2.60. The van der Waals surface area contributed by atoms with Crippen LogP contribution in [0.25, 0.3) is 10.1 Å². The highest BCUT2D eigenvalue weighted by atomic mass is 35.5. The summed E-state index contributed by atoms with van der Waals surface area (Å²) in [5.74, 6) is 0.598. The maximum absolute atomic E-state index is 9.46. The first kappa shape index (κ1) is 8.66. The molecule has 0 aliphatic heterocycles. The molecular weight excluding hydrogens is 208 g/mol. The smallest absolute Gasteiger partial charge is 0.161 e. The number of hydrogen-bond acceptors (Lipinski definition) is 3. The van der Waals surface area contributed by atoms with Crippen molar-refractivity contribution < 1.29 is 9.84 Å². The van der Waals surface area contributed by atoms with E-state index in [0.29, 0.717) is 10.8 Å². The number of phenolic OH excluding ortho intramolecular Hbond substituents is 1. The number of methoxy groups -OCH3 is 1. The zero-order valence-electron chi connectivity index (χ0n) is 6.87. The molecule has 0 aliphatic carbocycles. The van der Waals surface area contributed by atoms with Crippen molar-refractivity contribution in [1.82, 2.24) is 0 Å². The highest BCUT2D eigenvalue weighted by molar-refractivity contribution is 7.17. The van der Waals surface area contributed by atoms with Gasteiger partial charge >= 0.3 is 0 Å². The van der Waals surface area contributed by atoms with Crippen LogP contribution in [0, 0.1) is 0 Å². The van der Waals surface area contributed by atoms with Crippen molar-refractivity contribution in [3.63, 3.8) is 0 Å². The van der Waals surface area contributed by atoms with Crippen LogP contribution in [0.5, 0.6) is 11.5 Å². The fraction of sp³-hybridized carbons (Fsp3) is 0.111. The summed E-state index contributed by atoms with van der Waals surface area (Å²) >= 11 is 7.43. The van der Waals surface area contributed by atoms with Crippen molar-refractivity contribution in [3.8, 4) is 11.5 Å². The molecule has 0 bridgehead atoms. The van der Waals surface area contributed by atoms with Crippen LogP contribution in [0.4, 0.5) is 0 Å². The van der Waals surface area contributed by atoms with Crippen molar-refractivity contribution in [2.24, 2.45) is 0 Å². The molecule has 0 radical (unpaired) electrons. The minimum atomic E-state index is 0.147. The van der Waals surface area contributed by atoms with Crippen molar-refractivity contribution in [1.29, 1.82) is 0 Å². The van der Waals surface area contributed by atoms with E-state index in [2.05, 4.69) is 0 Å². The standard InChI is InChI=1S/C9H7ClO2S/c1-12-8-2-5-6(10)4-13-9(5)3-7(8)11/h2-4,11H,1H3. The molecule has 0 saturated heterocycles. The Bertz CT molecular complexity index is 450. The first-order chi connectivity index (χ1) is 6.22. The average molecular weight is 215 g/mol. The van der Waals surface area contributed by atoms with Gasteiger partial charge in [-0.1, -0.05) is 11.6 Å². The van der Waals surface area contributed by atoms with Crippen LogP contribution in [0.15, 0.2) is 17.5 Å². The molecule has 0 fully saturated rings. The molecule has 1 heterocycles. The summed E-state index contributed by atoms with van der Waals surface area (Å²) in [5, 5.41) is 12.9. The van der Waals surface area contributed by atoms with E-state index in [0.717, 1.165) is 10.1 Å². The van der Waals surface area contributed by atoms with Crippen LogP contribution >= 0.6 is 22.9 Å². The molecule has 2 aromatic rings. The Balaban J connectivity index is 2.77. The van der Waals surface area contributed by atoms with Gasteiger partial charge in [-0.25, -0.2) is 0 Å². The predicted octanol–water partition coefficient (Wildman–Crippen LogP) is 3.27. The molecule has 0 saturated carbocycles. The van der Waals surface area contributed by atoms with E-state index in [1.807, 2.05) is 5.38 Å². The van der Waals surface area contributed by atoms with Crippen molar-refractivity contribution in [2.45, 2.75) is 0 Å². The van der Waals surface area contributed by atoms with Gasteiger partial charge < -0.3 is 9.84 Å². The Morgan fingerprint density at radius 2 is 2.23 bits per heavy atom. The van der Waals surface area contributed by atoms with Gasteiger partial charge in [0.2, 0.25) is 0 Å². The van der Waals surface area contributed by atoms with Gasteiger partial charge in [0.25, 0.3) is 0 Å². The summed E-state index contributed by atoms with van der Waals surface area (Å²) in [7, 11) is 1.52. The molecular formula is C9H7ClO2S. The van der Waals surface area contributed by atoms with Crippen LogP contribution in [0.1, 0.15) is 0 Å². The lowest BCUT2D eigenvalue weighted by Gasteiger charge is -2.02. The molecule has 1 aromatic heterocycles. The van der Waals surface area contributed by atoms with Gasteiger partial charge in [-0.15, -0.1) is 11.3 Å². The molecule has 68 valence electrons. The van der Waals surface area contributed by atoms with Crippen molar-refractivity contribution in [2.75, 3.05) is 7.11 Å². The number of aromatic hydroxyl groups is 1. The molecule has 0 atom stereocenters. The maximum Gasteiger partial charge on any atom is 0.161 e. The molecule has 4 heteroatoms. The van der Waals surface area contributed by atoms with Gasteiger partial charge in [0.1, 0.15) is 0 Å². The topological polar surface area (TPSA) is 29.5 Å². The SMILES string of the molecule is COc1cc2c(Cl)csc2cc1O. The molecule has 2 nitrogen and oxygen atoms in total. The predicted molar refractivity (Wildman–Crippen MR) is 55.1 cm³/mol. The zero-order chi connectivity index (χ0) is 9.42. The Morgan fingerprint density at radius 1 is 1.46 bits per heavy atom. The Morgan fingerprint density at radius 3 is 2.92 bits per heavy atom. The number of thiophene rings is 1. The molecule has 13 heavy (non-hydrogen) atoms. The number of benzene rings is 1. The van der Waals surface area contributed by atoms with E-state index < -0.39 is 0 Å². The maximum atomic E-state index is 9.46. The third-order valence-corrected chi connectivity index (χ3v) is 3.22. The number of halogens is 1. The van der Waals surface area contributed by atoms with E-state index >= 15 is 0 Å². The first-order valence-electron chi connectivity index (χ1n) is 3.66. The van der Waals surface area contributed by atoms with Crippen molar-refractivity contribution >= 4 is 33.0 Å². The Labute approximate surface area is 84.3 Å². The highest BCUT2D eigenvalue weighted by Gasteiger charge is 2.07. The number of fused-ring (bicyclic) bond motifs is 1. The summed E-state index contributed by atoms with van der Waals surface area (Å²) in [6.07, 6.45) is 0. The van der Waals surface area contributed by atoms with E-state index in [4.69, 9.17) is 16.3 Å². The zero-order valence-corrected chi connectivity index (χ0v) is 8.45. The number of phenols is 1. The summed E-state index contributed by atoms with van der Waals surface area (Å²) in [5.41, 5.74) is 0. The number of rotatable bonds is 1. The second-order valence-corrected chi connectivity index (χ2v) is 3.92. The molecule has 0 spiro atoms. The quantitative estimate of drug-likeness (QED) is 0.790. The molecule has 1 aromatic carbocycles. The molecule has 0 unspecified atom stereocenters. The van der Waals surface area contributed by atoms with Gasteiger partial charge in [-0.2, -0.15) is 0 Å². The number of ether oxygens (including phenoxy) is 1. The van der Waals surface area contributed by atoms with Crippen molar-refractivity contribution in [3.05, 3.63) is 22.5 Å². The second kappa shape index (κ2) is 3.09. The number of hydrogen-bond donors (Lipinski definition) is 1. The van der Waals surface area contributed by atoms with E-state index in [-0.39, 0.29) is 5.75 Å². The van der Waals surface area contributed by atoms with Gasteiger partial charge in [-0.05, 0) is 6.07 Å². The third-order valence-electron chi connectivity index (χ3n) is 1.83. The van der Waals surface area contributed by atoms with Crippen LogP contribution in [0.3, 0.4) is 0 Å². The third kappa shape index (κ3) is 1.34. The van der Waals surface area contributed by atoms with Gasteiger partial charge in [0, 0.05) is 21.5 Å². The highest BCUT2D eigenvalue weighted by Crippen LogP contribution is 2.37. The lowest BCUT2D eigenvalue weighted by molar-refractivity contribution is 0.374. The largest absolute Gasteiger partial charge is 0.504 e. The first-order valence-corrected chi connectivity index (χ1v) is 4.92. The minimum Gasteiger partial charge on any atom is -0.504 e. The fourth-order valence-electron chi connectivity index (χ4n) is 1.18. The summed E-state index contributed by atoms with van der Waals surface area (Å²) < 4.78 is 5.93. The van der Waals surface area contributed by atoms with Crippen LogP contribution in [-0.2, 0) is 0 Å². The summed E-state index contributed by atoms with van der Waals surface area (Å²) in [6.45, 7) is 0. The average Bonchev–Trinajstić information content (AvgIpc) is 2.46. The van der Waals surface area contributed by atoms with E-state index in [1.165, 1.54) is 18.4 Å². The summed E-state index contributed by atoms with van der Waals surface area (Å²) in [6, 6.07) is 3.40. The normalized spacial score (nSPS) is 10.6. The molecule has 0 aliphatic rings. The van der Waals surface area contributed by atoms with Crippen LogP contribution in [-0.4, -0.2) is 12.2 Å². The monoisotopic (exact) mass is 214 g/mol. The van der Waals surface area contributed by atoms with Gasteiger partial charge in [-0.3, -0.25) is 0 Å². The minimum absolute atomic E-state index is 0.147. The fourth-order valence-corrected chi connectivity index (χ4v) is 2.35.